The largest absolute Gasteiger partial charge is 0.508 e. The van der Waals surface area contributed by atoms with Crippen LogP contribution in [0.25, 0.3) is 5.76 Å². The maximum absolute atomic E-state index is 13.1. The predicted molar refractivity (Wildman–Crippen MR) is 122 cm³/mol. The van der Waals surface area contributed by atoms with Gasteiger partial charge in [0.05, 0.1) is 23.9 Å². The van der Waals surface area contributed by atoms with Crippen LogP contribution >= 0.6 is 11.3 Å². The molecular weight excluding hydrogens is 428 g/mol. The highest BCUT2D eigenvalue weighted by atomic mass is 32.1. The Balaban J connectivity index is 1.89. The van der Waals surface area contributed by atoms with Crippen molar-refractivity contribution in [3.8, 4) is 11.5 Å². The van der Waals surface area contributed by atoms with E-state index in [4.69, 9.17) is 4.74 Å². The lowest BCUT2D eigenvalue weighted by atomic mass is 9.95. The second-order valence-electron chi connectivity index (χ2n) is 7.36. The first-order chi connectivity index (χ1) is 15.3. The lowest BCUT2D eigenvalue weighted by Gasteiger charge is -2.23. The Morgan fingerprint density at radius 1 is 1.09 bits per heavy atom. The van der Waals surface area contributed by atoms with Crippen molar-refractivity contribution in [3.05, 3.63) is 75.8 Å². The van der Waals surface area contributed by atoms with Gasteiger partial charge in [0.25, 0.3) is 5.78 Å². The molecule has 32 heavy (non-hydrogen) atoms. The van der Waals surface area contributed by atoms with Gasteiger partial charge in [0, 0.05) is 10.4 Å². The number of carbonyl (C=O) groups is 2. The van der Waals surface area contributed by atoms with Crippen molar-refractivity contribution in [2.24, 2.45) is 0 Å². The molecule has 0 bridgehead atoms. The van der Waals surface area contributed by atoms with E-state index in [2.05, 4.69) is 4.98 Å². The fourth-order valence-electron chi connectivity index (χ4n) is 3.59. The van der Waals surface area contributed by atoms with Crippen LogP contribution in [0.15, 0.2) is 54.1 Å². The number of aromatic nitrogens is 1. The zero-order valence-electron chi connectivity index (χ0n) is 17.8. The van der Waals surface area contributed by atoms with Gasteiger partial charge in [-0.3, -0.25) is 14.5 Å². The minimum Gasteiger partial charge on any atom is -0.508 e. The van der Waals surface area contributed by atoms with Crippen molar-refractivity contribution < 1.29 is 24.5 Å². The molecule has 2 heterocycles. The maximum Gasteiger partial charge on any atom is 0.301 e. The summed E-state index contributed by atoms with van der Waals surface area (Å²) in [6.45, 7) is 6.10. The Bertz CT molecular complexity index is 1190. The van der Waals surface area contributed by atoms with E-state index in [-0.39, 0.29) is 17.1 Å². The van der Waals surface area contributed by atoms with Crippen molar-refractivity contribution in [2.45, 2.75) is 26.8 Å². The van der Waals surface area contributed by atoms with Crippen molar-refractivity contribution in [3.63, 3.8) is 0 Å². The summed E-state index contributed by atoms with van der Waals surface area (Å²) in [5.74, 6) is -1.15. The highest BCUT2D eigenvalue weighted by Crippen LogP contribution is 2.44. The second-order valence-corrected chi connectivity index (χ2v) is 8.54. The molecule has 164 valence electrons. The molecule has 1 atom stereocenters. The number of rotatable bonds is 5. The van der Waals surface area contributed by atoms with Crippen LogP contribution in [-0.4, -0.2) is 33.5 Å². The van der Waals surface area contributed by atoms with Crippen LogP contribution in [-0.2, 0) is 9.59 Å². The molecule has 0 aliphatic carbocycles. The number of phenolic OH excluding ortho intramolecular Hbond substituents is 1. The van der Waals surface area contributed by atoms with Crippen LogP contribution in [0.2, 0.25) is 0 Å². The van der Waals surface area contributed by atoms with Crippen LogP contribution in [0.3, 0.4) is 0 Å². The van der Waals surface area contributed by atoms with Crippen molar-refractivity contribution in [1.82, 2.24) is 4.98 Å². The van der Waals surface area contributed by atoms with Gasteiger partial charge in [0.15, 0.2) is 5.13 Å². The number of ether oxygens (including phenoxy) is 1. The molecule has 1 aromatic heterocycles. The lowest BCUT2D eigenvalue weighted by Crippen LogP contribution is -2.29. The Morgan fingerprint density at radius 3 is 2.31 bits per heavy atom. The Kier molecular flexibility index (Phi) is 5.71. The van der Waals surface area contributed by atoms with E-state index in [0.717, 1.165) is 10.6 Å². The molecule has 0 unspecified atom stereocenters. The third-order valence-electron chi connectivity index (χ3n) is 5.32. The van der Waals surface area contributed by atoms with Gasteiger partial charge >= 0.3 is 5.91 Å². The number of aliphatic hydroxyl groups excluding tert-OH is 1. The van der Waals surface area contributed by atoms with Crippen molar-refractivity contribution in [1.29, 1.82) is 0 Å². The minimum absolute atomic E-state index is 0.0321. The summed E-state index contributed by atoms with van der Waals surface area (Å²) >= 11 is 1.31. The number of phenols is 1. The number of carbonyl (C=O) groups excluding carboxylic acids is 2. The molecule has 1 aliphatic rings. The summed E-state index contributed by atoms with van der Waals surface area (Å²) in [6.07, 6.45) is 0. The molecule has 0 radical (unpaired) electrons. The topological polar surface area (TPSA) is 100.0 Å². The fraction of sp³-hybridized carbons (Fsp3) is 0.208. The van der Waals surface area contributed by atoms with Crippen LogP contribution in [0, 0.1) is 13.8 Å². The third-order valence-corrected chi connectivity index (χ3v) is 6.39. The monoisotopic (exact) mass is 450 g/mol. The molecule has 1 saturated heterocycles. The summed E-state index contributed by atoms with van der Waals surface area (Å²) in [6, 6.07) is 12.0. The molecule has 8 heteroatoms. The molecule has 2 N–H and O–H groups in total. The van der Waals surface area contributed by atoms with E-state index in [0.29, 0.717) is 28.6 Å². The normalized spacial score (nSPS) is 17.7. The lowest BCUT2D eigenvalue weighted by molar-refractivity contribution is -0.132. The molecule has 0 spiro atoms. The standard InChI is InChI=1S/C24H22N2O5S/c1-4-31-18-11-7-16(8-12-18)21(28)19-20(15-5-9-17(27)10-6-15)26(23(30)22(19)29)24-25-13(2)14(3)32-24/h5-12,20,27-28H,4H2,1-3H3/b21-19+/t20-/m0/s1. The number of benzene rings is 2. The molecule has 0 saturated carbocycles. The van der Waals surface area contributed by atoms with Crippen molar-refractivity contribution >= 4 is 33.9 Å². The molecule has 4 rings (SSSR count). The van der Waals surface area contributed by atoms with Gasteiger partial charge in [-0.1, -0.05) is 12.1 Å². The van der Waals surface area contributed by atoms with Gasteiger partial charge in [0.1, 0.15) is 17.3 Å². The highest BCUT2D eigenvalue weighted by molar-refractivity contribution is 7.16. The average molecular weight is 451 g/mol. The molecule has 3 aromatic rings. The number of hydrogen-bond acceptors (Lipinski definition) is 7. The SMILES string of the molecule is CCOc1ccc(/C(O)=C2\C(=O)C(=O)N(c3nc(C)c(C)s3)[C@H]2c2ccc(O)cc2)cc1. The van der Waals surface area contributed by atoms with E-state index in [1.54, 1.807) is 36.4 Å². The summed E-state index contributed by atoms with van der Waals surface area (Å²) in [7, 11) is 0. The van der Waals surface area contributed by atoms with Crippen LogP contribution in [0.5, 0.6) is 11.5 Å². The van der Waals surface area contributed by atoms with Gasteiger partial charge < -0.3 is 14.9 Å². The number of aromatic hydroxyl groups is 1. The summed E-state index contributed by atoms with van der Waals surface area (Å²) in [4.78, 5) is 32.9. The smallest absolute Gasteiger partial charge is 0.301 e. The summed E-state index contributed by atoms with van der Waals surface area (Å²) in [5.41, 5.74) is 1.69. The first-order valence-electron chi connectivity index (χ1n) is 10.1. The predicted octanol–water partition coefficient (Wildman–Crippen LogP) is 4.49. The van der Waals surface area contributed by atoms with E-state index in [1.807, 2.05) is 20.8 Å². The molecule has 1 aliphatic heterocycles. The van der Waals surface area contributed by atoms with Gasteiger partial charge in [-0.25, -0.2) is 4.98 Å². The molecule has 1 amide bonds. The van der Waals surface area contributed by atoms with Gasteiger partial charge in [-0.2, -0.15) is 0 Å². The Morgan fingerprint density at radius 2 is 1.75 bits per heavy atom. The zero-order valence-corrected chi connectivity index (χ0v) is 18.6. The number of nitrogens with zero attached hydrogens (tertiary/aromatic N) is 2. The average Bonchev–Trinajstić information content (AvgIpc) is 3.24. The van der Waals surface area contributed by atoms with Crippen LogP contribution < -0.4 is 9.64 Å². The highest BCUT2D eigenvalue weighted by Gasteiger charge is 2.48. The fourth-order valence-corrected chi connectivity index (χ4v) is 4.53. The number of aliphatic hydroxyl groups is 1. The quantitative estimate of drug-likeness (QED) is 0.338. The zero-order chi connectivity index (χ0) is 23.0. The van der Waals surface area contributed by atoms with Crippen LogP contribution in [0.1, 0.15) is 34.7 Å². The van der Waals surface area contributed by atoms with Gasteiger partial charge in [-0.05, 0) is 62.7 Å². The number of thiazole rings is 1. The Hall–Kier alpha value is -3.65. The molecular formula is C24H22N2O5S. The van der Waals surface area contributed by atoms with Crippen molar-refractivity contribution in [2.75, 3.05) is 11.5 Å². The maximum atomic E-state index is 13.1. The summed E-state index contributed by atoms with van der Waals surface area (Å²) in [5, 5.41) is 21.2. The number of hydrogen-bond donors (Lipinski definition) is 2. The number of Topliss-reactive ketones (excluding diaryl/α,β-unsaturated/α-hetero) is 1. The van der Waals surface area contributed by atoms with E-state index < -0.39 is 17.7 Å². The molecule has 1 fully saturated rings. The number of amides is 1. The second kappa shape index (κ2) is 8.47. The summed E-state index contributed by atoms with van der Waals surface area (Å²) < 4.78 is 5.44. The number of ketones is 1. The van der Waals surface area contributed by atoms with E-state index in [9.17, 15) is 19.8 Å². The number of anilines is 1. The third kappa shape index (κ3) is 3.73. The molecule has 7 nitrogen and oxygen atoms in total. The minimum atomic E-state index is -0.882. The molecule has 2 aromatic carbocycles. The van der Waals surface area contributed by atoms with E-state index in [1.165, 1.54) is 28.4 Å². The first kappa shape index (κ1) is 21.6. The first-order valence-corrected chi connectivity index (χ1v) is 10.9. The number of aryl methyl sites for hydroxylation is 2. The Labute approximate surface area is 189 Å². The van der Waals surface area contributed by atoms with Gasteiger partial charge in [0.2, 0.25) is 0 Å². The van der Waals surface area contributed by atoms with Crippen LogP contribution in [0.4, 0.5) is 5.13 Å². The van der Waals surface area contributed by atoms with Gasteiger partial charge in [-0.15, -0.1) is 11.3 Å². The van der Waals surface area contributed by atoms with E-state index >= 15 is 0 Å².